The minimum atomic E-state index is -1.64. The van der Waals surface area contributed by atoms with Gasteiger partial charge in [-0.1, -0.05) is 139 Å². The first-order valence-electron chi connectivity index (χ1n) is 21.0. The maximum Gasteiger partial charge on any atom is 0.220 e. The number of aliphatic hydroxyl groups excluding tert-OH is 6. The molecular formula is C44H69NO11. The third-order valence-corrected chi connectivity index (χ3v) is 10.5. The van der Waals surface area contributed by atoms with Crippen LogP contribution in [0.25, 0.3) is 0 Å². The van der Waals surface area contributed by atoms with Gasteiger partial charge in [-0.3, -0.25) is 9.59 Å². The molecule has 2 aromatic rings. The number of hydrogen-bond donors (Lipinski definition) is 7. The van der Waals surface area contributed by atoms with Crippen molar-refractivity contribution in [3.8, 4) is 0 Å². The average molecular weight is 788 g/mol. The van der Waals surface area contributed by atoms with Gasteiger partial charge in [-0.15, -0.1) is 0 Å². The van der Waals surface area contributed by atoms with Crippen molar-refractivity contribution in [2.75, 3.05) is 19.8 Å². The minimum absolute atomic E-state index is 0.0463. The summed E-state index contributed by atoms with van der Waals surface area (Å²) in [6, 6.07) is 15.4. The van der Waals surface area contributed by atoms with Crippen LogP contribution in [0.15, 0.2) is 54.6 Å². The van der Waals surface area contributed by atoms with E-state index in [1.807, 2.05) is 36.4 Å². The second kappa shape index (κ2) is 27.8. The van der Waals surface area contributed by atoms with Gasteiger partial charge in [-0.25, -0.2) is 0 Å². The van der Waals surface area contributed by atoms with Crippen LogP contribution in [0.3, 0.4) is 0 Å². The Labute approximate surface area is 333 Å². The number of ether oxygens (including phenoxy) is 3. The number of aliphatic hydroxyl groups is 6. The molecule has 1 amide bonds. The molecule has 12 nitrogen and oxygen atoms in total. The molecule has 0 aromatic heterocycles. The fraction of sp³-hybridized carbons (Fsp3) is 0.682. The van der Waals surface area contributed by atoms with Gasteiger partial charge in [-0.05, 0) is 30.9 Å². The SMILES string of the molecule is CCCCCCCCCCCCCC[C@@H](O)[C@@H](O)[C@H](CO[C@H]1O[C@H](CO)[C@H](O)[C@H](O)[C@H]1O)NC(=O)CCCCCOCc1cccc(C(=O)c2ccccc2)c1. The standard InChI is InChI=1S/C44H69NO11/c1-2-3-4-5-6-7-8-9-10-11-12-17-25-36(47)40(50)35(31-55-44-43(53)42(52)41(51)37(29-46)56-44)45-38(48)26-18-14-19-27-54-30-32-21-20-24-34(28-32)39(49)33-22-15-13-16-23-33/h13,15-16,20-24,28,35-37,40-44,46-47,50-53H,2-12,14,17-19,25-27,29-31H2,1H3,(H,45,48)/t35-,36+,37+,40-,41-,42-,43+,44-/m0/s1. The van der Waals surface area contributed by atoms with E-state index in [0.717, 1.165) is 24.8 Å². The number of carbonyl (C=O) groups is 2. The van der Waals surface area contributed by atoms with E-state index >= 15 is 0 Å². The monoisotopic (exact) mass is 787 g/mol. The van der Waals surface area contributed by atoms with Crippen LogP contribution in [-0.4, -0.2) is 111 Å². The highest BCUT2D eigenvalue weighted by Crippen LogP contribution is 2.23. The molecule has 0 aliphatic carbocycles. The Kier molecular flexibility index (Phi) is 23.6. The summed E-state index contributed by atoms with van der Waals surface area (Å²) in [5, 5.41) is 65.1. The third-order valence-electron chi connectivity index (χ3n) is 10.5. The van der Waals surface area contributed by atoms with Crippen molar-refractivity contribution in [1.82, 2.24) is 5.32 Å². The van der Waals surface area contributed by atoms with Crippen LogP contribution < -0.4 is 5.32 Å². The fourth-order valence-electron chi connectivity index (χ4n) is 6.96. The summed E-state index contributed by atoms with van der Waals surface area (Å²) in [4.78, 5) is 25.8. The summed E-state index contributed by atoms with van der Waals surface area (Å²) in [6.07, 6.45) is 6.51. The summed E-state index contributed by atoms with van der Waals surface area (Å²) in [5.41, 5.74) is 2.12. The third kappa shape index (κ3) is 17.4. The van der Waals surface area contributed by atoms with E-state index in [-0.39, 0.29) is 24.7 Å². The largest absolute Gasteiger partial charge is 0.394 e. The smallest absolute Gasteiger partial charge is 0.220 e. The zero-order chi connectivity index (χ0) is 40.5. The molecule has 8 atom stereocenters. The lowest BCUT2D eigenvalue weighted by Gasteiger charge is -2.40. The molecule has 0 bridgehead atoms. The molecule has 1 fully saturated rings. The molecule has 0 saturated carbocycles. The second-order valence-electron chi connectivity index (χ2n) is 15.2. The summed E-state index contributed by atoms with van der Waals surface area (Å²) in [7, 11) is 0. The van der Waals surface area contributed by atoms with E-state index in [1.165, 1.54) is 51.4 Å². The lowest BCUT2D eigenvalue weighted by atomic mass is 9.98. The Morgan fingerprint density at radius 2 is 1.38 bits per heavy atom. The lowest BCUT2D eigenvalue weighted by Crippen LogP contribution is -2.60. The molecule has 0 radical (unpaired) electrons. The predicted octanol–water partition coefficient (Wildman–Crippen LogP) is 5.11. The van der Waals surface area contributed by atoms with Crippen LogP contribution in [0.5, 0.6) is 0 Å². The maximum atomic E-state index is 13.0. The van der Waals surface area contributed by atoms with Gasteiger partial charge in [0.2, 0.25) is 5.91 Å². The topological polar surface area (TPSA) is 195 Å². The Balaban J connectivity index is 1.40. The highest BCUT2D eigenvalue weighted by atomic mass is 16.7. The quantitative estimate of drug-likeness (QED) is 0.0411. The second-order valence-corrected chi connectivity index (χ2v) is 15.2. The van der Waals surface area contributed by atoms with Crippen LogP contribution in [0.2, 0.25) is 0 Å². The van der Waals surface area contributed by atoms with E-state index in [4.69, 9.17) is 14.2 Å². The van der Waals surface area contributed by atoms with Crippen LogP contribution in [-0.2, 0) is 25.6 Å². The normalized spacial score (nSPS) is 21.4. The number of rotatable bonds is 30. The van der Waals surface area contributed by atoms with Crippen molar-refractivity contribution >= 4 is 11.7 Å². The predicted molar refractivity (Wildman–Crippen MR) is 214 cm³/mol. The van der Waals surface area contributed by atoms with E-state index in [1.54, 1.807) is 18.2 Å². The number of amides is 1. The van der Waals surface area contributed by atoms with E-state index in [2.05, 4.69) is 12.2 Å². The van der Waals surface area contributed by atoms with Crippen molar-refractivity contribution in [3.05, 3.63) is 71.3 Å². The molecule has 1 saturated heterocycles. The van der Waals surface area contributed by atoms with Gasteiger partial charge in [-0.2, -0.15) is 0 Å². The Morgan fingerprint density at radius 3 is 2.04 bits per heavy atom. The number of benzene rings is 2. The first kappa shape index (κ1) is 47.6. The van der Waals surface area contributed by atoms with E-state index < -0.39 is 55.6 Å². The van der Waals surface area contributed by atoms with E-state index in [0.29, 0.717) is 56.4 Å². The molecule has 316 valence electrons. The summed E-state index contributed by atoms with van der Waals surface area (Å²) < 4.78 is 16.9. The molecule has 1 aliphatic heterocycles. The number of carbonyl (C=O) groups excluding carboxylic acids is 2. The lowest BCUT2D eigenvalue weighted by molar-refractivity contribution is -0.303. The Bertz CT molecular complexity index is 1350. The maximum absolute atomic E-state index is 13.0. The number of nitrogens with one attached hydrogen (secondary N) is 1. The van der Waals surface area contributed by atoms with Gasteiger partial charge in [0.15, 0.2) is 12.1 Å². The first-order chi connectivity index (χ1) is 27.2. The molecular weight excluding hydrogens is 718 g/mol. The highest BCUT2D eigenvalue weighted by Gasteiger charge is 2.44. The van der Waals surface area contributed by atoms with Gasteiger partial charge in [0, 0.05) is 24.2 Å². The van der Waals surface area contributed by atoms with Gasteiger partial charge in [0.05, 0.1) is 32.0 Å². The van der Waals surface area contributed by atoms with Gasteiger partial charge in [0.25, 0.3) is 0 Å². The van der Waals surface area contributed by atoms with Crippen LogP contribution in [0.4, 0.5) is 0 Å². The van der Waals surface area contributed by atoms with Crippen molar-refractivity contribution < 1.29 is 54.4 Å². The fourth-order valence-corrected chi connectivity index (χ4v) is 6.96. The van der Waals surface area contributed by atoms with Crippen LogP contribution in [0, 0.1) is 0 Å². The zero-order valence-corrected chi connectivity index (χ0v) is 33.4. The van der Waals surface area contributed by atoms with Crippen molar-refractivity contribution in [2.45, 2.75) is 172 Å². The summed E-state index contributed by atoms with van der Waals surface area (Å²) in [6.45, 7) is 2.06. The summed E-state index contributed by atoms with van der Waals surface area (Å²) >= 11 is 0. The molecule has 0 spiro atoms. The van der Waals surface area contributed by atoms with Crippen molar-refractivity contribution in [3.63, 3.8) is 0 Å². The Hall–Kier alpha value is -2.78. The van der Waals surface area contributed by atoms with Gasteiger partial charge >= 0.3 is 0 Å². The number of unbranched alkanes of at least 4 members (excludes halogenated alkanes) is 13. The molecule has 12 heteroatoms. The highest BCUT2D eigenvalue weighted by molar-refractivity contribution is 6.09. The van der Waals surface area contributed by atoms with Crippen molar-refractivity contribution in [2.24, 2.45) is 0 Å². The van der Waals surface area contributed by atoms with Crippen LogP contribution in [0.1, 0.15) is 138 Å². The first-order valence-corrected chi connectivity index (χ1v) is 21.0. The average Bonchev–Trinajstić information content (AvgIpc) is 3.21. The van der Waals surface area contributed by atoms with Crippen molar-refractivity contribution in [1.29, 1.82) is 0 Å². The number of ketones is 1. The zero-order valence-electron chi connectivity index (χ0n) is 33.4. The van der Waals surface area contributed by atoms with E-state index in [9.17, 15) is 40.2 Å². The molecule has 1 aliphatic rings. The molecule has 7 N–H and O–H groups in total. The van der Waals surface area contributed by atoms with Crippen LogP contribution >= 0.6 is 0 Å². The number of hydrogen-bond acceptors (Lipinski definition) is 11. The molecule has 56 heavy (non-hydrogen) atoms. The molecule has 0 unspecified atom stereocenters. The van der Waals surface area contributed by atoms with Gasteiger partial charge < -0.3 is 50.2 Å². The van der Waals surface area contributed by atoms with Gasteiger partial charge in [0.1, 0.15) is 30.5 Å². The molecule has 2 aromatic carbocycles. The summed E-state index contributed by atoms with van der Waals surface area (Å²) in [5.74, 6) is -0.403. The minimum Gasteiger partial charge on any atom is -0.394 e. The Morgan fingerprint density at radius 1 is 0.750 bits per heavy atom. The molecule has 3 rings (SSSR count). The molecule has 1 heterocycles.